The number of methoxy groups -OCH3 is 2. The second-order valence-corrected chi connectivity index (χ2v) is 5.21. The van der Waals surface area contributed by atoms with Crippen molar-refractivity contribution < 1.29 is 14.3 Å². The molecule has 0 aromatic heterocycles. The summed E-state index contributed by atoms with van der Waals surface area (Å²) in [4.78, 5) is 11.6. The van der Waals surface area contributed by atoms with Gasteiger partial charge in [0.2, 0.25) is 0 Å². The number of hydrogen-bond acceptors (Lipinski definition) is 5. The van der Waals surface area contributed by atoms with Crippen molar-refractivity contribution >= 4 is 27.6 Å². The zero-order valence-corrected chi connectivity index (χ0v) is 13.0. The Morgan fingerprint density at radius 3 is 2.60 bits per heavy atom. The van der Waals surface area contributed by atoms with Crippen molar-refractivity contribution in [3.8, 4) is 5.75 Å². The van der Waals surface area contributed by atoms with Crippen LogP contribution in [0.1, 0.15) is 23.2 Å². The number of hydrogen-bond donors (Lipinski definition) is 0. The van der Waals surface area contributed by atoms with Crippen LogP contribution in [-0.4, -0.2) is 38.3 Å². The Hall–Kier alpha value is -1.63. The second kappa shape index (κ2) is 6.69. The Balaban J connectivity index is 2.29. The number of halogens is 1. The molecule has 1 aromatic carbocycles. The highest BCUT2D eigenvalue weighted by molar-refractivity contribution is 9.10. The fraction of sp³-hybridized carbons (Fsp3) is 0.462. The fourth-order valence-corrected chi connectivity index (χ4v) is 2.48. The number of esters is 1. The van der Waals surface area contributed by atoms with Gasteiger partial charge in [-0.1, -0.05) is 5.22 Å². The largest absolute Gasteiger partial charge is 0.494 e. The molecule has 1 fully saturated rings. The van der Waals surface area contributed by atoms with Crippen LogP contribution in [0, 0.1) is 0 Å². The van der Waals surface area contributed by atoms with E-state index in [9.17, 15) is 4.79 Å². The van der Waals surface area contributed by atoms with Crippen molar-refractivity contribution in [3.63, 3.8) is 0 Å². The lowest BCUT2D eigenvalue weighted by molar-refractivity contribution is 0.0600. The average molecular weight is 342 g/mol. The Labute approximate surface area is 125 Å². The molecule has 20 heavy (non-hydrogen) atoms. The summed E-state index contributed by atoms with van der Waals surface area (Å²) in [5, 5.41) is 10.3. The summed E-state index contributed by atoms with van der Waals surface area (Å²) in [6.07, 6.45) is 2.28. The molecule has 0 aliphatic carbocycles. The lowest BCUT2D eigenvalue weighted by Gasteiger charge is -2.10. The highest BCUT2D eigenvalue weighted by Crippen LogP contribution is 2.37. The zero-order valence-electron chi connectivity index (χ0n) is 11.4. The summed E-state index contributed by atoms with van der Waals surface area (Å²) in [7, 11) is 2.86. The number of ether oxygens (including phenoxy) is 2. The summed E-state index contributed by atoms with van der Waals surface area (Å²) < 4.78 is 10.6. The van der Waals surface area contributed by atoms with Crippen molar-refractivity contribution in [1.29, 1.82) is 0 Å². The number of benzene rings is 1. The van der Waals surface area contributed by atoms with Crippen LogP contribution in [-0.2, 0) is 4.74 Å². The number of rotatable bonds is 4. The first-order valence-electron chi connectivity index (χ1n) is 6.28. The van der Waals surface area contributed by atoms with Gasteiger partial charge in [-0.3, -0.25) is 5.01 Å². The van der Waals surface area contributed by atoms with Crippen LogP contribution in [0.2, 0.25) is 0 Å². The molecule has 0 N–H and O–H groups in total. The first kappa shape index (κ1) is 14.8. The van der Waals surface area contributed by atoms with E-state index in [0.717, 1.165) is 25.9 Å². The summed E-state index contributed by atoms with van der Waals surface area (Å²) >= 11 is 3.39. The lowest BCUT2D eigenvalue weighted by Crippen LogP contribution is -2.09. The molecule has 1 saturated heterocycles. The Morgan fingerprint density at radius 2 is 2.00 bits per heavy atom. The van der Waals surface area contributed by atoms with Crippen LogP contribution in [0.4, 0.5) is 5.69 Å². The zero-order chi connectivity index (χ0) is 14.5. The first-order chi connectivity index (χ1) is 9.65. The van der Waals surface area contributed by atoms with Crippen LogP contribution in [0.15, 0.2) is 26.9 Å². The molecule has 0 amide bonds. The maximum absolute atomic E-state index is 11.6. The predicted molar refractivity (Wildman–Crippen MR) is 77.4 cm³/mol. The van der Waals surface area contributed by atoms with Crippen molar-refractivity contribution in [3.05, 3.63) is 22.2 Å². The topological polar surface area (TPSA) is 63.5 Å². The molecule has 6 nitrogen and oxygen atoms in total. The SMILES string of the molecule is COC(=O)c1cc(Br)c(N=NN2CCCC2)c(OC)c1. The van der Waals surface area contributed by atoms with Crippen molar-refractivity contribution in [2.75, 3.05) is 27.3 Å². The molecule has 2 rings (SSSR count). The van der Waals surface area contributed by atoms with Crippen molar-refractivity contribution in [2.45, 2.75) is 12.8 Å². The number of carbonyl (C=O) groups is 1. The molecule has 0 atom stereocenters. The molecule has 7 heteroatoms. The molecule has 0 unspecified atom stereocenters. The summed E-state index contributed by atoms with van der Waals surface area (Å²) in [6.45, 7) is 1.84. The second-order valence-electron chi connectivity index (χ2n) is 4.35. The van der Waals surface area contributed by atoms with E-state index in [0.29, 0.717) is 21.5 Å². The first-order valence-corrected chi connectivity index (χ1v) is 7.07. The quantitative estimate of drug-likeness (QED) is 0.622. The van der Waals surface area contributed by atoms with Gasteiger partial charge in [-0.2, -0.15) is 0 Å². The Morgan fingerprint density at radius 1 is 1.30 bits per heavy atom. The maximum Gasteiger partial charge on any atom is 0.338 e. The monoisotopic (exact) mass is 341 g/mol. The van der Waals surface area contributed by atoms with E-state index in [1.54, 1.807) is 12.1 Å². The predicted octanol–water partition coefficient (Wildman–Crippen LogP) is 3.34. The highest BCUT2D eigenvalue weighted by atomic mass is 79.9. The van der Waals surface area contributed by atoms with Crippen LogP contribution in [0.3, 0.4) is 0 Å². The molecule has 0 spiro atoms. The summed E-state index contributed by atoms with van der Waals surface area (Å²) in [5.41, 5.74) is 0.961. The van der Waals surface area contributed by atoms with E-state index in [-0.39, 0.29) is 0 Å². The molecule has 0 bridgehead atoms. The average Bonchev–Trinajstić information content (AvgIpc) is 2.97. The Kier molecular flexibility index (Phi) is 4.94. The molecule has 0 saturated carbocycles. The van der Waals surface area contributed by atoms with Crippen LogP contribution >= 0.6 is 15.9 Å². The van der Waals surface area contributed by atoms with Gasteiger partial charge in [0.05, 0.1) is 19.8 Å². The molecule has 1 aliphatic heterocycles. The molecule has 1 aromatic rings. The maximum atomic E-state index is 11.6. The summed E-state index contributed by atoms with van der Waals surface area (Å²) in [6, 6.07) is 3.24. The van der Waals surface area contributed by atoms with Gasteiger partial charge in [0.25, 0.3) is 0 Å². The van der Waals surface area contributed by atoms with E-state index in [4.69, 9.17) is 9.47 Å². The van der Waals surface area contributed by atoms with Crippen LogP contribution in [0.25, 0.3) is 0 Å². The van der Waals surface area contributed by atoms with Gasteiger partial charge in [0, 0.05) is 17.6 Å². The van der Waals surface area contributed by atoms with Gasteiger partial charge in [-0.25, -0.2) is 4.79 Å². The minimum Gasteiger partial charge on any atom is -0.494 e. The third kappa shape index (κ3) is 3.27. The van der Waals surface area contributed by atoms with Gasteiger partial charge in [0.15, 0.2) is 0 Å². The number of nitrogens with zero attached hydrogens (tertiary/aromatic N) is 3. The standard InChI is InChI=1S/C13H16BrN3O3/c1-19-11-8-9(13(18)20-2)7-10(14)12(11)15-16-17-5-3-4-6-17/h7-8H,3-6H2,1-2H3. The summed E-state index contributed by atoms with van der Waals surface area (Å²) in [5.74, 6) is 0.0507. The smallest absolute Gasteiger partial charge is 0.338 e. The van der Waals surface area contributed by atoms with Gasteiger partial charge >= 0.3 is 5.97 Å². The molecule has 0 radical (unpaired) electrons. The van der Waals surface area contributed by atoms with Crippen LogP contribution in [0.5, 0.6) is 5.75 Å². The van der Waals surface area contributed by atoms with Gasteiger partial charge < -0.3 is 9.47 Å². The fourth-order valence-electron chi connectivity index (χ4n) is 1.96. The van der Waals surface area contributed by atoms with Gasteiger partial charge in [-0.05, 0) is 40.9 Å². The molecule has 1 aliphatic rings. The molecule has 1 heterocycles. The van der Waals surface area contributed by atoms with Crippen molar-refractivity contribution in [2.24, 2.45) is 10.3 Å². The normalized spacial score (nSPS) is 14.8. The molecular formula is C13H16BrN3O3. The number of carbonyl (C=O) groups excluding carboxylic acids is 1. The van der Waals surface area contributed by atoms with Crippen molar-refractivity contribution in [1.82, 2.24) is 5.01 Å². The third-order valence-corrected chi connectivity index (χ3v) is 3.63. The van der Waals surface area contributed by atoms with E-state index >= 15 is 0 Å². The molecule has 108 valence electrons. The van der Waals surface area contributed by atoms with E-state index in [1.165, 1.54) is 14.2 Å². The van der Waals surface area contributed by atoms with Gasteiger partial charge in [0.1, 0.15) is 11.4 Å². The van der Waals surface area contributed by atoms with E-state index in [1.807, 2.05) is 5.01 Å². The van der Waals surface area contributed by atoms with E-state index < -0.39 is 5.97 Å². The van der Waals surface area contributed by atoms with Gasteiger partial charge in [-0.15, -0.1) is 5.11 Å². The minimum atomic E-state index is -0.424. The van der Waals surface area contributed by atoms with Crippen LogP contribution < -0.4 is 4.74 Å². The Bertz CT molecular complexity index is 528. The molecular weight excluding hydrogens is 326 g/mol. The third-order valence-electron chi connectivity index (χ3n) is 3.02. The lowest BCUT2D eigenvalue weighted by atomic mass is 10.2. The highest BCUT2D eigenvalue weighted by Gasteiger charge is 2.15. The van der Waals surface area contributed by atoms with E-state index in [2.05, 4.69) is 26.3 Å². The minimum absolute atomic E-state index is 0.399.